The van der Waals surface area contributed by atoms with Gasteiger partial charge in [0.15, 0.2) is 0 Å². The zero-order valence-electron chi connectivity index (χ0n) is 16.9. The van der Waals surface area contributed by atoms with Gasteiger partial charge in [-0.1, -0.05) is 60.1 Å². The number of hydrogen-bond acceptors (Lipinski definition) is 3. The summed E-state index contributed by atoms with van der Waals surface area (Å²) in [4.78, 5) is 9.96. The summed E-state index contributed by atoms with van der Waals surface area (Å²) in [6, 6.07) is 27.1. The van der Waals surface area contributed by atoms with Crippen LogP contribution in [-0.2, 0) is 13.1 Å². The van der Waals surface area contributed by atoms with Crippen LogP contribution in [0.5, 0.6) is 0 Å². The third kappa shape index (κ3) is 3.99. The van der Waals surface area contributed by atoms with Crippen LogP contribution in [0.15, 0.2) is 78.9 Å². The number of halogens is 1. The van der Waals surface area contributed by atoms with Gasteiger partial charge >= 0.3 is 0 Å². The van der Waals surface area contributed by atoms with Crippen LogP contribution in [0, 0.1) is 0 Å². The maximum atomic E-state index is 6.35. The predicted molar refractivity (Wildman–Crippen MR) is 123 cm³/mol. The second-order valence-electron chi connectivity index (χ2n) is 7.83. The Balaban J connectivity index is 1.32. The van der Waals surface area contributed by atoms with Crippen molar-refractivity contribution in [3.05, 3.63) is 95.3 Å². The number of nitrogens with zero attached hydrogens (tertiary/aromatic N) is 4. The molecule has 0 unspecified atom stereocenters. The van der Waals surface area contributed by atoms with Crippen molar-refractivity contribution < 1.29 is 0 Å². The molecule has 152 valence electrons. The van der Waals surface area contributed by atoms with Gasteiger partial charge in [-0.25, -0.2) is 4.98 Å². The topological polar surface area (TPSA) is 24.3 Å². The van der Waals surface area contributed by atoms with E-state index in [2.05, 4.69) is 81.1 Å². The van der Waals surface area contributed by atoms with Crippen molar-refractivity contribution in [1.82, 2.24) is 19.4 Å². The van der Waals surface area contributed by atoms with Gasteiger partial charge < -0.3 is 0 Å². The Labute approximate surface area is 182 Å². The van der Waals surface area contributed by atoms with Gasteiger partial charge in [0.2, 0.25) is 0 Å². The number of hydrogen-bond donors (Lipinski definition) is 0. The minimum Gasteiger partial charge on any atom is -0.296 e. The molecule has 1 aliphatic rings. The van der Waals surface area contributed by atoms with Crippen LogP contribution in [0.1, 0.15) is 11.4 Å². The molecule has 1 aliphatic heterocycles. The molecule has 0 bridgehead atoms. The van der Waals surface area contributed by atoms with E-state index in [1.54, 1.807) is 0 Å². The Kier molecular flexibility index (Phi) is 5.54. The van der Waals surface area contributed by atoms with Gasteiger partial charge in [-0.15, -0.1) is 0 Å². The van der Waals surface area contributed by atoms with Crippen molar-refractivity contribution in [1.29, 1.82) is 0 Å². The molecule has 0 saturated carbocycles. The second kappa shape index (κ2) is 8.60. The lowest BCUT2D eigenvalue weighted by Crippen LogP contribution is -2.45. The van der Waals surface area contributed by atoms with Gasteiger partial charge in [-0.05, 0) is 35.9 Å². The summed E-state index contributed by atoms with van der Waals surface area (Å²) >= 11 is 6.35. The molecule has 2 heterocycles. The summed E-state index contributed by atoms with van der Waals surface area (Å²) < 4.78 is 2.30. The van der Waals surface area contributed by atoms with Crippen LogP contribution >= 0.6 is 11.6 Å². The molecule has 0 amide bonds. The molecule has 0 radical (unpaired) electrons. The summed E-state index contributed by atoms with van der Waals surface area (Å²) in [6.07, 6.45) is 0. The highest BCUT2D eigenvalue weighted by Crippen LogP contribution is 2.23. The van der Waals surface area contributed by atoms with Crippen molar-refractivity contribution in [3.8, 4) is 5.69 Å². The van der Waals surface area contributed by atoms with Gasteiger partial charge in [0.1, 0.15) is 5.82 Å². The van der Waals surface area contributed by atoms with E-state index in [0.717, 1.165) is 61.1 Å². The van der Waals surface area contributed by atoms with Crippen molar-refractivity contribution in [3.63, 3.8) is 0 Å². The van der Waals surface area contributed by atoms with E-state index in [1.165, 1.54) is 11.3 Å². The highest BCUT2D eigenvalue weighted by molar-refractivity contribution is 6.31. The van der Waals surface area contributed by atoms with Crippen LogP contribution < -0.4 is 0 Å². The highest BCUT2D eigenvalue weighted by atomic mass is 35.5. The lowest BCUT2D eigenvalue weighted by Gasteiger charge is -2.34. The van der Waals surface area contributed by atoms with E-state index in [1.807, 2.05) is 12.1 Å². The first kappa shape index (κ1) is 19.3. The van der Waals surface area contributed by atoms with E-state index in [0.29, 0.717) is 0 Å². The summed E-state index contributed by atoms with van der Waals surface area (Å²) in [5.74, 6) is 1.10. The van der Waals surface area contributed by atoms with E-state index in [9.17, 15) is 0 Å². The maximum Gasteiger partial charge on any atom is 0.128 e. The van der Waals surface area contributed by atoms with Crippen molar-refractivity contribution >= 4 is 22.6 Å². The van der Waals surface area contributed by atoms with E-state index in [4.69, 9.17) is 16.6 Å². The Morgan fingerprint density at radius 2 is 1.33 bits per heavy atom. The van der Waals surface area contributed by atoms with Crippen molar-refractivity contribution in [2.45, 2.75) is 13.1 Å². The first-order valence-electron chi connectivity index (χ1n) is 10.5. The Morgan fingerprint density at radius 3 is 2.10 bits per heavy atom. The quantitative estimate of drug-likeness (QED) is 0.457. The maximum absolute atomic E-state index is 6.35. The van der Waals surface area contributed by atoms with E-state index >= 15 is 0 Å². The third-order valence-corrected chi connectivity index (χ3v) is 6.20. The molecule has 30 heavy (non-hydrogen) atoms. The molecule has 1 saturated heterocycles. The third-order valence-electron chi connectivity index (χ3n) is 5.83. The average Bonchev–Trinajstić information content (AvgIpc) is 3.15. The Bertz CT molecular complexity index is 1130. The van der Waals surface area contributed by atoms with Crippen LogP contribution in [-0.4, -0.2) is 45.5 Å². The normalized spacial score (nSPS) is 15.6. The molecule has 0 aliphatic carbocycles. The summed E-state index contributed by atoms with van der Waals surface area (Å²) in [5, 5.41) is 0.858. The summed E-state index contributed by atoms with van der Waals surface area (Å²) in [5.41, 5.74) is 4.59. The number of imidazole rings is 1. The van der Waals surface area contributed by atoms with Gasteiger partial charge in [0, 0.05) is 43.4 Å². The highest BCUT2D eigenvalue weighted by Gasteiger charge is 2.21. The predicted octanol–water partition coefficient (Wildman–Crippen LogP) is 5.00. The molecule has 5 heteroatoms. The molecule has 4 nitrogen and oxygen atoms in total. The smallest absolute Gasteiger partial charge is 0.128 e. The number of para-hydroxylation sites is 3. The summed E-state index contributed by atoms with van der Waals surface area (Å²) in [7, 11) is 0. The molecule has 0 atom stereocenters. The first-order chi connectivity index (χ1) is 14.8. The fraction of sp³-hybridized carbons (Fsp3) is 0.240. The standard InChI is InChI=1S/C25H25ClN4/c26-22-11-5-4-8-20(22)18-28-14-16-29(17-15-28)19-25-27-23-12-6-7-13-24(23)30(25)21-9-2-1-3-10-21/h1-13H,14-19H2. The second-order valence-corrected chi connectivity index (χ2v) is 8.24. The lowest BCUT2D eigenvalue weighted by molar-refractivity contribution is 0.119. The number of benzene rings is 3. The molecular formula is C25H25ClN4. The minimum absolute atomic E-state index is 0.851. The number of aromatic nitrogens is 2. The minimum atomic E-state index is 0.851. The molecule has 5 rings (SSSR count). The van der Waals surface area contributed by atoms with E-state index < -0.39 is 0 Å². The SMILES string of the molecule is Clc1ccccc1CN1CCN(Cc2nc3ccccc3n2-c2ccccc2)CC1. The molecular weight excluding hydrogens is 392 g/mol. The Morgan fingerprint density at radius 1 is 0.700 bits per heavy atom. The first-order valence-corrected chi connectivity index (χ1v) is 10.9. The zero-order valence-corrected chi connectivity index (χ0v) is 17.7. The number of fused-ring (bicyclic) bond motifs is 1. The number of piperazine rings is 1. The zero-order chi connectivity index (χ0) is 20.3. The van der Waals surface area contributed by atoms with Crippen molar-refractivity contribution in [2.75, 3.05) is 26.2 Å². The van der Waals surface area contributed by atoms with Crippen LogP contribution in [0.4, 0.5) is 0 Å². The molecule has 1 fully saturated rings. The molecule has 0 N–H and O–H groups in total. The molecule has 1 aromatic heterocycles. The van der Waals surface area contributed by atoms with Gasteiger partial charge in [0.25, 0.3) is 0 Å². The molecule has 0 spiro atoms. The monoisotopic (exact) mass is 416 g/mol. The molecule has 4 aromatic rings. The molecule has 3 aromatic carbocycles. The fourth-order valence-electron chi connectivity index (χ4n) is 4.22. The lowest BCUT2D eigenvalue weighted by atomic mass is 10.2. The fourth-order valence-corrected chi connectivity index (χ4v) is 4.42. The van der Waals surface area contributed by atoms with Crippen LogP contribution in [0.2, 0.25) is 5.02 Å². The van der Waals surface area contributed by atoms with Crippen LogP contribution in [0.3, 0.4) is 0 Å². The number of rotatable bonds is 5. The Hall–Kier alpha value is -2.66. The van der Waals surface area contributed by atoms with Crippen LogP contribution in [0.25, 0.3) is 16.7 Å². The summed E-state index contributed by atoms with van der Waals surface area (Å²) in [6.45, 7) is 5.90. The van der Waals surface area contributed by atoms with E-state index in [-0.39, 0.29) is 0 Å². The van der Waals surface area contributed by atoms with Gasteiger partial charge in [-0.3, -0.25) is 14.4 Å². The van der Waals surface area contributed by atoms with Gasteiger partial charge in [-0.2, -0.15) is 0 Å². The average molecular weight is 417 g/mol. The van der Waals surface area contributed by atoms with Gasteiger partial charge in [0.05, 0.1) is 17.6 Å². The largest absolute Gasteiger partial charge is 0.296 e. The van der Waals surface area contributed by atoms with Crippen molar-refractivity contribution in [2.24, 2.45) is 0 Å².